The topological polar surface area (TPSA) is 104 Å². The fraction of sp³-hybridized carbons (Fsp3) is 0.200. The number of hydrogen-bond donors (Lipinski definition) is 1. The van der Waals surface area contributed by atoms with Gasteiger partial charge in [0.25, 0.3) is 0 Å². The summed E-state index contributed by atoms with van der Waals surface area (Å²) >= 11 is 0. The van der Waals surface area contributed by atoms with Gasteiger partial charge in [-0.05, 0) is 41.8 Å². The Morgan fingerprint density at radius 1 is 0.870 bits per heavy atom. The molecule has 0 radical (unpaired) electrons. The lowest BCUT2D eigenvalue weighted by molar-refractivity contribution is 0.481. The molecule has 2 aromatic carbocycles. The van der Waals surface area contributed by atoms with Crippen LogP contribution in [-0.2, 0) is 20.1 Å². The summed E-state index contributed by atoms with van der Waals surface area (Å²) in [5.74, 6) is 0.337. The van der Waals surface area contributed by atoms with Crippen LogP contribution in [0.2, 0.25) is 0 Å². The van der Waals surface area contributed by atoms with Crippen molar-refractivity contribution >= 4 is 20.1 Å². The van der Waals surface area contributed by atoms with Gasteiger partial charge in [-0.2, -0.15) is 8.42 Å². The van der Waals surface area contributed by atoms with Gasteiger partial charge in [-0.25, -0.2) is 13.6 Å². The van der Waals surface area contributed by atoms with E-state index in [1.165, 1.54) is 0 Å². The van der Waals surface area contributed by atoms with Gasteiger partial charge in [-0.15, -0.1) is 0 Å². The van der Waals surface area contributed by atoms with Gasteiger partial charge < -0.3 is 4.18 Å². The van der Waals surface area contributed by atoms with E-state index in [4.69, 9.17) is 9.32 Å². The van der Waals surface area contributed by atoms with Crippen LogP contribution in [-0.4, -0.2) is 16.8 Å². The van der Waals surface area contributed by atoms with Crippen LogP contribution >= 0.6 is 0 Å². The van der Waals surface area contributed by atoms with Crippen LogP contribution in [0.15, 0.2) is 58.3 Å². The Balaban J connectivity index is 2.37. The Bertz CT molecular complexity index is 901. The maximum Gasteiger partial charge on any atom is 0.339 e. The van der Waals surface area contributed by atoms with E-state index in [2.05, 4.69) is 0 Å². The van der Waals surface area contributed by atoms with Crippen molar-refractivity contribution in [2.45, 2.75) is 29.6 Å². The fourth-order valence-electron chi connectivity index (χ4n) is 2.00. The quantitative estimate of drug-likeness (QED) is 0.828. The second kappa shape index (κ2) is 6.31. The highest BCUT2D eigenvalue weighted by atomic mass is 32.2. The van der Waals surface area contributed by atoms with Crippen molar-refractivity contribution in [1.29, 1.82) is 0 Å². The van der Waals surface area contributed by atoms with E-state index >= 15 is 0 Å². The highest BCUT2D eigenvalue weighted by molar-refractivity contribution is 7.89. The number of rotatable bonds is 5. The van der Waals surface area contributed by atoms with Crippen molar-refractivity contribution in [2.75, 3.05) is 0 Å². The average molecular weight is 355 g/mol. The van der Waals surface area contributed by atoms with Crippen molar-refractivity contribution in [2.24, 2.45) is 5.14 Å². The molecule has 6 nitrogen and oxygen atoms in total. The molecule has 2 N–H and O–H groups in total. The van der Waals surface area contributed by atoms with Gasteiger partial charge in [-0.1, -0.05) is 32.0 Å². The SMILES string of the molecule is CC(C)c1ccccc1OS(=O)(=O)c1ccc(S(N)(=O)=O)cc1. The Morgan fingerprint density at radius 2 is 1.39 bits per heavy atom. The Labute approximate surface area is 136 Å². The molecule has 8 heteroatoms. The molecule has 0 bridgehead atoms. The van der Waals surface area contributed by atoms with E-state index in [1.54, 1.807) is 24.3 Å². The molecular weight excluding hydrogens is 338 g/mol. The number of nitrogens with two attached hydrogens (primary N) is 1. The summed E-state index contributed by atoms with van der Waals surface area (Å²) in [6, 6.07) is 11.4. The van der Waals surface area contributed by atoms with Crippen LogP contribution in [0.1, 0.15) is 25.3 Å². The van der Waals surface area contributed by atoms with Gasteiger partial charge in [0.05, 0.1) is 4.90 Å². The first kappa shape index (κ1) is 17.5. The number of benzene rings is 2. The van der Waals surface area contributed by atoms with Crippen LogP contribution in [0.4, 0.5) is 0 Å². The number of para-hydroxylation sites is 1. The Hall–Kier alpha value is -1.90. The van der Waals surface area contributed by atoms with E-state index in [0.717, 1.165) is 29.8 Å². The summed E-state index contributed by atoms with van der Waals surface area (Å²) < 4.78 is 52.3. The monoisotopic (exact) mass is 355 g/mol. The van der Waals surface area contributed by atoms with Gasteiger partial charge in [0.15, 0.2) is 0 Å². The second-order valence-electron chi connectivity index (χ2n) is 5.25. The van der Waals surface area contributed by atoms with Gasteiger partial charge in [0.1, 0.15) is 10.6 Å². The molecule has 0 amide bonds. The Morgan fingerprint density at radius 3 is 1.91 bits per heavy atom. The molecule has 2 aromatic rings. The first-order valence-corrected chi connectivity index (χ1v) is 9.73. The summed E-state index contributed by atoms with van der Waals surface area (Å²) in [6.07, 6.45) is 0. The van der Waals surface area contributed by atoms with Crippen molar-refractivity contribution in [1.82, 2.24) is 0 Å². The lowest BCUT2D eigenvalue weighted by Gasteiger charge is -2.13. The average Bonchev–Trinajstić information content (AvgIpc) is 2.46. The molecule has 0 aliphatic heterocycles. The van der Waals surface area contributed by atoms with E-state index in [0.29, 0.717) is 0 Å². The first-order chi connectivity index (χ1) is 10.6. The van der Waals surface area contributed by atoms with Crippen LogP contribution in [0.5, 0.6) is 5.75 Å². The molecule has 2 rings (SSSR count). The molecule has 0 saturated carbocycles. The van der Waals surface area contributed by atoms with Crippen molar-refractivity contribution in [3.05, 3.63) is 54.1 Å². The number of hydrogen-bond acceptors (Lipinski definition) is 5. The number of sulfonamides is 1. The third-order valence-electron chi connectivity index (χ3n) is 3.18. The molecule has 0 saturated heterocycles. The highest BCUT2D eigenvalue weighted by Gasteiger charge is 2.20. The van der Waals surface area contributed by atoms with E-state index in [-0.39, 0.29) is 21.5 Å². The Kier molecular flexibility index (Phi) is 4.79. The fourth-order valence-corrected chi connectivity index (χ4v) is 3.46. The zero-order valence-electron chi connectivity index (χ0n) is 12.6. The summed E-state index contributed by atoms with van der Waals surface area (Å²) in [5, 5.41) is 4.98. The summed E-state index contributed by atoms with van der Waals surface area (Å²) in [4.78, 5) is -0.317. The molecule has 0 unspecified atom stereocenters. The summed E-state index contributed by atoms with van der Waals surface area (Å²) in [5.41, 5.74) is 0.761. The van der Waals surface area contributed by atoms with Gasteiger partial charge >= 0.3 is 10.1 Å². The predicted molar refractivity (Wildman–Crippen MR) is 86.2 cm³/mol. The molecular formula is C15H17NO5S2. The molecule has 23 heavy (non-hydrogen) atoms. The van der Waals surface area contributed by atoms with Crippen LogP contribution in [0, 0.1) is 0 Å². The predicted octanol–water partition coefficient (Wildman–Crippen LogP) is 2.23. The minimum absolute atomic E-state index is 0.0890. The van der Waals surface area contributed by atoms with Crippen LogP contribution < -0.4 is 9.32 Å². The third kappa shape index (κ3) is 4.10. The van der Waals surface area contributed by atoms with E-state index in [1.807, 2.05) is 13.8 Å². The van der Waals surface area contributed by atoms with Crippen molar-refractivity contribution in [3.63, 3.8) is 0 Å². The third-order valence-corrected chi connectivity index (χ3v) is 5.36. The molecule has 124 valence electrons. The molecule has 0 atom stereocenters. The van der Waals surface area contributed by atoms with E-state index < -0.39 is 20.1 Å². The normalized spacial score (nSPS) is 12.3. The van der Waals surface area contributed by atoms with Gasteiger partial charge in [0, 0.05) is 0 Å². The molecule has 0 heterocycles. The maximum atomic E-state index is 12.3. The minimum atomic E-state index is -4.07. The lowest BCUT2D eigenvalue weighted by Crippen LogP contribution is -2.14. The summed E-state index contributed by atoms with van der Waals surface area (Å²) in [7, 11) is -7.94. The second-order valence-corrected chi connectivity index (χ2v) is 8.35. The van der Waals surface area contributed by atoms with Crippen molar-refractivity contribution in [3.8, 4) is 5.75 Å². The van der Waals surface area contributed by atoms with Crippen LogP contribution in [0.25, 0.3) is 0 Å². The highest BCUT2D eigenvalue weighted by Crippen LogP contribution is 2.28. The van der Waals surface area contributed by atoms with E-state index in [9.17, 15) is 16.8 Å². The smallest absolute Gasteiger partial charge is 0.339 e. The van der Waals surface area contributed by atoms with Gasteiger partial charge in [-0.3, -0.25) is 0 Å². The molecule has 0 aliphatic carbocycles. The van der Waals surface area contributed by atoms with Crippen LogP contribution in [0.3, 0.4) is 0 Å². The molecule has 0 fully saturated rings. The summed E-state index contributed by atoms with van der Waals surface area (Å²) in [6.45, 7) is 3.85. The molecule has 0 aliphatic rings. The molecule has 0 aromatic heterocycles. The standard InChI is InChI=1S/C15H17NO5S2/c1-11(2)14-5-3-4-6-15(14)21-23(19,20)13-9-7-12(8-10-13)22(16,17)18/h3-11H,1-2H3,(H2,16,17,18). The van der Waals surface area contributed by atoms with Crippen molar-refractivity contribution < 1.29 is 21.0 Å². The number of primary sulfonamides is 1. The lowest BCUT2D eigenvalue weighted by atomic mass is 10.0. The zero-order valence-corrected chi connectivity index (χ0v) is 14.3. The first-order valence-electron chi connectivity index (χ1n) is 6.77. The largest absolute Gasteiger partial charge is 0.379 e. The molecule has 0 spiro atoms. The zero-order chi connectivity index (χ0) is 17.3. The van der Waals surface area contributed by atoms with Gasteiger partial charge in [0.2, 0.25) is 10.0 Å². The maximum absolute atomic E-state index is 12.3. The minimum Gasteiger partial charge on any atom is -0.379 e.